The largest absolute Gasteiger partial charge is 0.294 e. The Morgan fingerprint density at radius 1 is 1.25 bits per heavy atom. The van der Waals surface area contributed by atoms with Crippen molar-refractivity contribution in [1.82, 2.24) is 14.8 Å². The summed E-state index contributed by atoms with van der Waals surface area (Å²) in [5.41, 5.74) is 0.947. The second-order valence-corrected chi connectivity index (χ2v) is 5.69. The maximum absolute atomic E-state index is 12.2. The highest BCUT2D eigenvalue weighted by atomic mass is 16.2. The van der Waals surface area contributed by atoms with Gasteiger partial charge in [-0.3, -0.25) is 14.7 Å². The third-order valence-corrected chi connectivity index (χ3v) is 4.22. The molecular formula is C15H16N4O. The molecule has 20 heavy (non-hydrogen) atoms. The lowest BCUT2D eigenvalue weighted by Crippen LogP contribution is -2.18. The highest BCUT2D eigenvalue weighted by molar-refractivity contribution is 5.93. The minimum atomic E-state index is 0.0899. The van der Waals surface area contributed by atoms with Gasteiger partial charge in [-0.1, -0.05) is 18.2 Å². The third kappa shape index (κ3) is 2.09. The number of benzene rings is 1. The predicted octanol–water partition coefficient (Wildman–Crippen LogP) is 2.25. The van der Waals surface area contributed by atoms with Crippen molar-refractivity contribution in [3.63, 3.8) is 0 Å². The van der Waals surface area contributed by atoms with Gasteiger partial charge in [0, 0.05) is 5.92 Å². The zero-order valence-electron chi connectivity index (χ0n) is 11.1. The standard InChI is InChI=1S/C15H16N4O/c20-14(13-8-12(13)10-6-7-10)17-15-18-16-9-19(15)11-4-2-1-3-5-11/h1-5,9-10,12-13H,6-8H2,(H,17,18,20)/t12-,13-/m1/s1. The van der Waals surface area contributed by atoms with Crippen molar-refractivity contribution in [3.8, 4) is 5.69 Å². The summed E-state index contributed by atoms with van der Waals surface area (Å²) in [5, 5.41) is 10.8. The van der Waals surface area contributed by atoms with Crippen LogP contribution in [0.15, 0.2) is 36.7 Å². The molecule has 2 aromatic rings. The van der Waals surface area contributed by atoms with Gasteiger partial charge in [0.05, 0.1) is 5.69 Å². The molecule has 1 N–H and O–H groups in total. The smallest absolute Gasteiger partial charge is 0.235 e. The molecule has 0 spiro atoms. The lowest BCUT2D eigenvalue weighted by molar-refractivity contribution is -0.117. The summed E-state index contributed by atoms with van der Waals surface area (Å²) in [6.07, 6.45) is 5.26. The summed E-state index contributed by atoms with van der Waals surface area (Å²) >= 11 is 0. The van der Waals surface area contributed by atoms with Gasteiger partial charge in [0.15, 0.2) is 0 Å². The van der Waals surface area contributed by atoms with Gasteiger partial charge in [0.1, 0.15) is 6.33 Å². The van der Waals surface area contributed by atoms with E-state index in [0.29, 0.717) is 11.9 Å². The number of carbonyl (C=O) groups is 1. The molecule has 0 aliphatic heterocycles. The minimum Gasteiger partial charge on any atom is -0.294 e. The van der Waals surface area contributed by atoms with Crippen LogP contribution in [0, 0.1) is 17.8 Å². The van der Waals surface area contributed by atoms with Crippen molar-refractivity contribution in [2.75, 3.05) is 5.32 Å². The first-order valence-corrected chi connectivity index (χ1v) is 7.09. The molecule has 2 saturated carbocycles. The van der Waals surface area contributed by atoms with Crippen LogP contribution in [-0.4, -0.2) is 20.7 Å². The number of hydrogen-bond donors (Lipinski definition) is 1. The Morgan fingerprint density at radius 2 is 2.05 bits per heavy atom. The Morgan fingerprint density at radius 3 is 2.80 bits per heavy atom. The van der Waals surface area contributed by atoms with E-state index < -0.39 is 0 Å². The van der Waals surface area contributed by atoms with Crippen LogP contribution >= 0.6 is 0 Å². The summed E-state index contributed by atoms with van der Waals surface area (Å²) in [5.74, 6) is 2.19. The van der Waals surface area contributed by atoms with Crippen LogP contribution in [0.2, 0.25) is 0 Å². The number of para-hydroxylation sites is 1. The molecule has 2 aliphatic carbocycles. The molecule has 1 amide bonds. The second-order valence-electron chi connectivity index (χ2n) is 5.69. The molecule has 2 atom stereocenters. The van der Waals surface area contributed by atoms with Crippen LogP contribution in [0.5, 0.6) is 0 Å². The van der Waals surface area contributed by atoms with Crippen LogP contribution in [0.1, 0.15) is 19.3 Å². The highest BCUT2D eigenvalue weighted by Gasteiger charge is 2.51. The van der Waals surface area contributed by atoms with Gasteiger partial charge in [-0.2, -0.15) is 0 Å². The number of nitrogens with one attached hydrogen (secondary N) is 1. The van der Waals surface area contributed by atoms with Crippen molar-refractivity contribution in [2.45, 2.75) is 19.3 Å². The average Bonchev–Trinajstić information content (AvgIpc) is 3.36. The Kier molecular flexibility index (Phi) is 2.58. The number of rotatable bonds is 4. The number of carbonyl (C=O) groups excluding carboxylic acids is 1. The summed E-state index contributed by atoms with van der Waals surface area (Å²) in [7, 11) is 0. The van der Waals surface area contributed by atoms with Crippen LogP contribution in [0.25, 0.3) is 5.69 Å². The zero-order chi connectivity index (χ0) is 13.5. The fraction of sp³-hybridized carbons (Fsp3) is 0.400. The van der Waals surface area contributed by atoms with Crippen molar-refractivity contribution < 1.29 is 4.79 Å². The van der Waals surface area contributed by atoms with Gasteiger partial charge in [0.2, 0.25) is 11.9 Å². The summed E-state index contributed by atoms with van der Waals surface area (Å²) in [6, 6.07) is 9.78. The quantitative estimate of drug-likeness (QED) is 0.925. The van der Waals surface area contributed by atoms with E-state index in [2.05, 4.69) is 15.5 Å². The number of hydrogen-bond acceptors (Lipinski definition) is 3. The molecule has 102 valence electrons. The fourth-order valence-corrected chi connectivity index (χ4v) is 2.86. The number of nitrogens with zero attached hydrogens (tertiary/aromatic N) is 3. The molecule has 1 heterocycles. The maximum atomic E-state index is 12.2. The first-order valence-electron chi connectivity index (χ1n) is 7.09. The van der Waals surface area contributed by atoms with Gasteiger partial charge in [-0.15, -0.1) is 10.2 Å². The topological polar surface area (TPSA) is 59.8 Å². The highest BCUT2D eigenvalue weighted by Crippen LogP contribution is 2.54. The lowest BCUT2D eigenvalue weighted by Gasteiger charge is -2.07. The summed E-state index contributed by atoms with van der Waals surface area (Å²) < 4.78 is 1.80. The van der Waals surface area contributed by atoms with Gasteiger partial charge >= 0.3 is 0 Å². The molecule has 0 saturated heterocycles. The lowest BCUT2D eigenvalue weighted by atomic mass is 10.2. The summed E-state index contributed by atoms with van der Waals surface area (Å²) in [6.45, 7) is 0. The van der Waals surface area contributed by atoms with Crippen molar-refractivity contribution in [3.05, 3.63) is 36.7 Å². The van der Waals surface area contributed by atoms with E-state index in [4.69, 9.17) is 0 Å². The monoisotopic (exact) mass is 268 g/mol. The molecule has 1 aromatic carbocycles. The Bertz CT molecular complexity index is 632. The van der Waals surface area contributed by atoms with Gasteiger partial charge in [-0.05, 0) is 43.2 Å². The van der Waals surface area contributed by atoms with Gasteiger partial charge < -0.3 is 0 Å². The molecule has 1 aromatic heterocycles. The molecule has 4 rings (SSSR count). The average molecular weight is 268 g/mol. The van der Waals surface area contributed by atoms with Crippen LogP contribution in [0.4, 0.5) is 5.95 Å². The van der Waals surface area contributed by atoms with Gasteiger partial charge in [-0.25, -0.2) is 0 Å². The third-order valence-electron chi connectivity index (χ3n) is 4.22. The number of amides is 1. The van der Waals surface area contributed by atoms with E-state index in [0.717, 1.165) is 18.0 Å². The molecule has 0 radical (unpaired) electrons. The molecule has 2 fully saturated rings. The SMILES string of the molecule is O=C(Nc1nncn1-c1ccccc1)[C@@H]1C[C@@H]1C1CC1. The van der Waals surface area contributed by atoms with Crippen molar-refractivity contribution in [1.29, 1.82) is 0 Å². The van der Waals surface area contributed by atoms with E-state index in [-0.39, 0.29) is 11.8 Å². The summed E-state index contributed by atoms with van der Waals surface area (Å²) in [4.78, 5) is 12.2. The molecule has 0 unspecified atom stereocenters. The first-order chi connectivity index (χ1) is 9.83. The Balaban J connectivity index is 1.49. The van der Waals surface area contributed by atoms with E-state index in [9.17, 15) is 4.79 Å². The van der Waals surface area contributed by atoms with E-state index in [1.807, 2.05) is 30.3 Å². The molecule has 5 heteroatoms. The number of aromatic nitrogens is 3. The van der Waals surface area contributed by atoms with E-state index in [1.165, 1.54) is 12.8 Å². The maximum Gasteiger partial charge on any atom is 0.235 e. The Hall–Kier alpha value is -2.17. The predicted molar refractivity (Wildman–Crippen MR) is 74.3 cm³/mol. The number of anilines is 1. The minimum absolute atomic E-state index is 0.0899. The van der Waals surface area contributed by atoms with Crippen LogP contribution < -0.4 is 5.32 Å². The van der Waals surface area contributed by atoms with Crippen LogP contribution in [-0.2, 0) is 4.79 Å². The van der Waals surface area contributed by atoms with Crippen molar-refractivity contribution >= 4 is 11.9 Å². The van der Waals surface area contributed by atoms with E-state index in [1.54, 1.807) is 10.9 Å². The molecule has 5 nitrogen and oxygen atoms in total. The second kappa shape index (κ2) is 4.44. The van der Waals surface area contributed by atoms with E-state index >= 15 is 0 Å². The first kappa shape index (κ1) is 11.6. The normalized spacial score (nSPS) is 24.4. The van der Waals surface area contributed by atoms with Crippen LogP contribution in [0.3, 0.4) is 0 Å². The Labute approximate surface area is 117 Å². The van der Waals surface area contributed by atoms with Gasteiger partial charge in [0.25, 0.3) is 0 Å². The van der Waals surface area contributed by atoms with Crippen molar-refractivity contribution in [2.24, 2.45) is 17.8 Å². The molecular weight excluding hydrogens is 252 g/mol. The zero-order valence-corrected chi connectivity index (χ0v) is 11.1. The molecule has 0 bridgehead atoms. The molecule has 2 aliphatic rings. The fourth-order valence-electron chi connectivity index (χ4n) is 2.86.